The Balaban J connectivity index is 1.78. The van der Waals surface area contributed by atoms with Gasteiger partial charge in [-0.15, -0.1) is 16.4 Å². The predicted octanol–water partition coefficient (Wildman–Crippen LogP) is 1.42. The number of rotatable bonds is 5. The molecule has 1 amide bonds. The van der Waals surface area contributed by atoms with Gasteiger partial charge in [0.05, 0.1) is 11.8 Å². The number of carbonyl (C=O) groups excluding carboxylic acids is 1. The van der Waals surface area contributed by atoms with Crippen LogP contribution in [-0.4, -0.2) is 26.8 Å². The van der Waals surface area contributed by atoms with E-state index in [-0.39, 0.29) is 23.7 Å². The minimum Gasteiger partial charge on any atom is -0.368 e. The molecule has 1 atom stereocenters. The van der Waals surface area contributed by atoms with E-state index < -0.39 is 0 Å². The van der Waals surface area contributed by atoms with Gasteiger partial charge in [0.15, 0.2) is 0 Å². The molecule has 8 heteroatoms. The third-order valence-corrected chi connectivity index (χ3v) is 4.06. The first-order chi connectivity index (χ1) is 8.65. The lowest BCUT2D eigenvalue weighted by molar-refractivity contribution is -0.119. The summed E-state index contributed by atoms with van der Waals surface area (Å²) in [5, 5.41) is 11.7. The third-order valence-electron chi connectivity index (χ3n) is 2.16. The minimum atomic E-state index is -0.0516. The van der Waals surface area contributed by atoms with Crippen molar-refractivity contribution in [3.05, 3.63) is 22.4 Å². The van der Waals surface area contributed by atoms with E-state index in [0.717, 1.165) is 4.88 Å². The quantitative estimate of drug-likeness (QED) is 0.721. The first-order valence-corrected chi connectivity index (χ1v) is 7.15. The molecule has 0 bridgehead atoms. The molecule has 4 N–H and O–H groups in total. The number of aromatic amines is 1. The average molecular weight is 283 g/mol. The predicted molar refractivity (Wildman–Crippen MR) is 72.4 cm³/mol. The van der Waals surface area contributed by atoms with Crippen molar-refractivity contribution in [3.63, 3.8) is 0 Å². The standard InChI is InChI=1S/C10H13N5OS2/c1-6(7-3-2-4-17-7)12-8(16)5-18-10-13-9(11)14-15-10/h2-4,6H,5H2,1H3,(H,12,16)(H3,11,13,14,15)/t6-/m1/s1. The summed E-state index contributed by atoms with van der Waals surface area (Å²) in [6, 6.07) is 3.99. The van der Waals surface area contributed by atoms with Gasteiger partial charge in [-0.1, -0.05) is 17.8 Å². The molecule has 0 unspecified atom stereocenters. The van der Waals surface area contributed by atoms with Gasteiger partial charge >= 0.3 is 0 Å². The molecule has 0 spiro atoms. The molecular weight excluding hydrogens is 270 g/mol. The zero-order chi connectivity index (χ0) is 13.0. The summed E-state index contributed by atoms with van der Waals surface area (Å²) in [5.74, 6) is 0.474. The molecule has 2 rings (SSSR count). The van der Waals surface area contributed by atoms with E-state index in [1.54, 1.807) is 11.3 Å². The van der Waals surface area contributed by atoms with Crippen molar-refractivity contribution in [2.45, 2.75) is 18.1 Å². The number of amides is 1. The average Bonchev–Trinajstić information content (AvgIpc) is 2.97. The van der Waals surface area contributed by atoms with Crippen molar-refractivity contribution in [1.82, 2.24) is 20.5 Å². The minimum absolute atomic E-state index is 0.0234. The van der Waals surface area contributed by atoms with E-state index in [4.69, 9.17) is 5.73 Å². The molecule has 0 aliphatic rings. The maximum atomic E-state index is 11.7. The molecule has 0 saturated heterocycles. The Morgan fingerprint density at radius 3 is 3.17 bits per heavy atom. The van der Waals surface area contributed by atoms with Crippen molar-refractivity contribution in [1.29, 1.82) is 0 Å². The van der Waals surface area contributed by atoms with Gasteiger partial charge in [0.25, 0.3) is 0 Å². The Hall–Kier alpha value is -1.54. The number of hydrogen-bond donors (Lipinski definition) is 3. The van der Waals surface area contributed by atoms with Gasteiger partial charge in [0, 0.05) is 4.88 Å². The van der Waals surface area contributed by atoms with Gasteiger partial charge < -0.3 is 11.1 Å². The van der Waals surface area contributed by atoms with Crippen molar-refractivity contribution < 1.29 is 4.79 Å². The van der Waals surface area contributed by atoms with Crippen molar-refractivity contribution in [3.8, 4) is 0 Å². The second-order valence-corrected chi connectivity index (χ2v) is 5.52. The molecule has 0 radical (unpaired) electrons. The van der Waals surface area contributed by atoms with E-state index in [2.05, 4.69) is 20.5 Å². The summed E-state index contributed by atoms with van der Waals surface area (Å²) < 4.78 is 0. The number of thiophene rings is 1. The highest BCUT2D eigenvalue weighted by Crippen LogP contribution is 2.18. The first kappa shape index (κ1) is 12.9. The normalized spacial score (nSPS) is 12.3. The fourth-order valence-corrected chi connectivity index (χ4v) is 2.70. The van der Waals surface area contributed by atoms with E-state index in [0.29, 0.717) is 5.16 Å². The Bertz CT molecular complexity index is 510. The van der Waals surface area contributed by atoms with E-state index in [1.807, 2.05) is 24.4 Å². The highest BCUT2D eigenvalue weighted by molar-refractivity contribution is 7.99. The summed E-state index contributed by atoms with van der Waals surface area (Å²) in [7, 11) is 0. The number of H-pyrrole nitrogens is 1. The second kappa shape index (κ2) is 5.87. The van der Waals surface area contributed by atoms with Crippen LogP contribution in [0.15, 0.2) is 22.7 Å². The summed E-state index contributed by atoms with van der Waals surface area (Å²) in [5.41, 5.74) is 5.39. The Morgan fingerprint density at radius 2 is 2.56 bits per heavy atom. The number of nitrogen functional groups attached to an aromatic ring is 1. The van der Waals surface area contributed by atoms with Gasteiger partial charge in [-0.05, 0) is 18.4 Å². The zero-order valence-corrected chi connectivity index (χ0v) is 11.3. The van der Waals surface area contributed by atoms with Crippen LogP contribution in [0.25, 0.3) is 0 Å². The monoisotopic (exact) mass is 283 g/mol. The number of anilines is 1. The zero-order valence-electron chi connectivity index (χ0n) is 9.71. The lowest BCUT2D eigenvalue weighted by Crippen LogP contribution is -2.27. The maximum absolute atomic E-state index is 11.7. The molecule has 96 valence electrons. The van der Waals surface area contributed by atoms with Crippen LogP contribution >= 0.6 is 23.1 Å². The van der Waals surface area contributed by atoms with Crippen molar-refractivity contribution in [2.75, 3.05) is 11.5 Å². The number of carbonyl (C=O) groups is 1. The van der Waals surface area contributed by atoms with Crippen LogP contribution in [0.1, 0.15) is 17.8 Å². The Morgan fingerprint density at radius 1 is 1.72 bits per heavy atom. The maximum Gasteiger partial charge on any atom is 0.230 e. The molecule has 0 aromatic carbocycles. The van der Waals surface area contributed by atoms with Crippen LogP contribution in [0, 0.1) is 0 Å². The fourth-order valence-electron chi connectivity index (χ4n) is 1.34. The van der Waals surface area contributed by atoms with Crippen LogP contribution in [0.2, 0.25) is 0 Å². The molecule has 6 nitrogen and oxygen atoms in total. The first-order valence-electron chi connectivity index (χ1n) is 5.28. The lowest BCUT2D eigenvalue weighted by atomic mass is 10.3. The molecule has 0 fully saturated rings. The largest absolute Gasteiger partial charge is 0.368 e. The molecule has 18 heavy (non-hydrogen) atoms. The fraction of sp³-hybridized carbons (Fsp3) is 0.300. The molecule has 0 aliphatic carbocycles. The van der Waals surface area contributed by atoms with Gasteiger partial charge in [-0.3, -0.25) is 4.79 Å². The third kappa shape index (κ3) is 3.47. The van der Waals surface area contributed by atoms with E-state index >= 15 is 0 Å². The summed E-state index contributed by atoms with van der Waals surface area (Å²) in [4.78, 5) is 16.7. The highest BCUT2D eigenvalue weighted by atomic mass is 32.2. The second-order valence-electron chi connectivity index (χ2n) is 3.60. The van der Waals surface area contributed by atoms with Crippen molar-refractivity contribution >= 4 is 35.0 Å². The number of nitrogens with zero attached hydrogens (tertiary/aromatic N) is 2. The number of nitrogens with two attached hydrogens (primary N) is 1. The van der Waals surface area contributed by atoms with Crippen LogP contribution in [0.3, 0.4) is 0 Å². The van der Waals surface area contributed by atoms with Gasteiger partial charge in [-0.25, -0.2) is 5.10 Å². The van der Waals surface area contributed by atoms with Crippen molar-refractivity contribution in [2.24, 2.45) is 0 Å². The smallest absolute Gasteiger partial charge is 0.230 e. The number of hydrogen-bond acceptors (Lipinski definition) is 6. The molecule has 2 heterocycles. The number of nitrogens with one attached hydrogen (secondary N) is 2. The number of thioether (sulfide) groups is 1. The van der Waals surface area contributed by atoms with E-state index in [1.165, 1.54) is 11.8 Å². The molecule has 2 aromatic rings. The summed E-state index contributed by atoms with van der Waals surface area (Å²) >= 11 is 2.87. The SMILES string of the molecule is C[C@@H](NC(=O)CSc1n[nH]c(N)n1)c1cccs1. The lowest BCUT2D eigenvalue weighted by Gasteiger charge is -2.11. The Labute approximate surface area is 112 Å². The van der Waals surface area contributed by atoms with Crippen LogP contribution in [-0.2, 0) is 4.79 Å². The Kier molecular flexibility index (Phi) is 4.21. The van der Waals surface area contributed by atoms with Gasteiger partial charge in [0.1, 0.15) is 0 Å². The topological polar surface area (TPSA) is 96.7 Å². The summed E-state index contributed by atoms with van der Waals surface area (Å²) in [6.45, 7) is 1.96. The molecule has 0 saturated carbocycles. The summed E-state index contributed by atoms with van der Waals surface area (Å²) in [6.07, 6.45) is 0. The van der Waals surface area contributed by atoms with E-state index in [9.17, 15) is 4.79 Å². The van der Waals surface area contributed by atoms with Crippen LogP contribution in [0.4, 0.5) is 5.95 Å². The van der Waals surface area contributed by atoms with Gasteiger partial charge in [0.2, 0.25) is 17.0 Å². The highest BCUT2D eigenvalue weighted by Gasteiger charge is 2.11. The molecule has 2 aromatic heterocycles. The molecular formula is C10H13N5OS2. The molecule has 0 aliphatic heterocycles. The van der Waals surface area contributed by atoms with Crippen LogP contribution < -0.4 is 11.1 Å². The van der Waals surface area contributed by atoms with Gasteiger partial charge in [-0.2, -0.15) is 4.98 Å². The van der Waals surface area contributed by atoms with Crippen LogP contribution in [0.5, 0.6) is 0 Å². The number of aromatic nitrogens is 3.